The number of benzene rings is 2. The van der Waals surface area contributed by atoms with Crippen LogP contribution < -0.4 is 5.56 Å². The molecule has 7 nitrogen and oxygen atoms in total. The van der Waals surface area contributed by atoms with Crippen LogP contribution in [0.1, 0.15) is 24.4 Å². The molecule has 3 aliphatic rings. The van der Waals surface area contributed by atoms with Crippen molar-refractivity contribution >= 4 is 22.5 Å². The molecule has 0 aliphatic carbocycles. The Morgan fingerprint density at radius 3 is 2.56 bits per heavy atom. The molecule has 0 spiro atoms. The van der Waals surface area contributed by atoms with Gasteiger partial charge < -0.3 is 4.74 Å². The molecule has 6 rings (SSSR count). The van der Waals surface area contributed by atoms with Crippen LogP contribution in [0.5, 0.6) is 0 Å². The number of rotatable bonds is 4. The summed E-state index contributed by atoms with van der Waals surface area (Å²) in [6.45, 7) is 1.78. The van der Waals surface area contributed by atoms with Crippen LogP contribution in [-0.4, -0.2) is 37.8 Å². The summed E-state index contributed by atoms with van der Waals surface area (Å²) in [6.07, 6.45) is 3.58. The zero-order valence-corrected chi connectivity index (χ0v) is 19.2. The standard InChI is InChI=1S/C26H22ClN5O2/c27-23-12-11-19(14-28-23)18-9-7-17(8-10-18)15-31-22-6-2-1-5-21(22)24-25(29-31)26(33)32(30-24)20-4-3-13-34-16-20/h1-2,5-12,14,20H,3-4,13,15-16H2. The number of hydrogen-bond donors (Lipinski definition) is 0. The number of hydrogen-bond acceptors (Lipinski definition) is 5. The summed E-state index contributed by atoms with van der Waals surface area (Å²) in [5, 5.41) is 10.9. The summed E-state index contributed by atoms with van der Waals surface area (Å²) in [5.41, 5.74) is 4.96. The van der Waals surface area contributed by atoms with Crippen LogP contribution in [0.25, 0.3) is 33.4 Å². The van der Waals surface area contributed by atoms with Crippen molar-refractivity contribution in [3.8, 4) is 22.5 Å². The van der Waals surface area contributed by atoms with Gasteiger partial charge in [-0.2, -0.15) is 10.2 Å². The first-order valence-corrected chi connectivity index (χ1v) is 11.7. The van der Waals surface area contributed by atoms with Crippen molar-refractivity contribution in [3.05, 3.63) is 87.9 Å². The van der Waals surface area contributed by atoms with E-state index in [2.05, 4.69) is 29.2 Å². The monoisotopic (exact) mass is 471 g/mol. The predicted octanol–water partition coefficient (Wildman–Crippen LogP) is 4.81. The lowest BCUT2D eigenvalue weighted by Crippen LogP contribution is -2.29. The molecule has 1 fully saturated rings. The number of nitrogens with zero attached hydrogens (tertiary/aromatic N) is 5. The van der Waals surface area contributed by atoms with E-state index in [1.165, 1.54) is 0 Å². The third-order valence-corrected chi connectivity index (χ3v) is 6.55. The number of aromatic nitrogens is 5. The molecule has 1 saturated heterocycles. The van der Waals surface area contributed by atoms with Crippen LogP contribution in [0.2, 0.25) is 5.15 Å². The minimum Gasteiger partial charge on any atom is -0.379 e. The Morgan fingerprint density at radius 1 is 0.971 bits per heavy atom. The summed E-state index contributed by atoms with van der Waals surface area (Å²) in [7, 11) is 0. The van der Waals surface area contributed by atoms with Crippen LogP contribution in [0.4, 0.5) is 0 Å². The Morgan fingerprint density at radius 2 is 1.79 bits per heavy atom. The summed E-state index contributed by atoms with van der Waals surface area (Å²) < 4.78 is 9.05. The molecule has 2 aromatic carbocycles. The van der Waals surface area contributed by atoms with Crippen LogP contribution in [0.15, 0.2) is 71.7 Å². The second kappa shape index (κ2) is 8.66. The first kappa shape index (κ1) is 21.0. The third kappa shape index (κ3) is 3.77. The minimum atomic E-state index is -0.157. The Balaban J connectivity index is 1.39. The highest BCUT2D eigenvalue weighted by atomic mass is 35.5. The molecule has 34 heavy (non-hydrogen) atoms. The van der Waals surface area contributed by atoms with Gasteiger partial charge in [-0.1, -0.05) is 54.1 Å². The largest absolute Gasteiger partial charge is 0.379 e. The van der Waals surface area contributed by atoms with Crippen molar-refractivity contribution < 1.29 is 4.74 Å². The topological polar surface area (TPSA) is 74.8 Å². The van der Waals surface area contributed by atoms with Crippen molar-refractivity contribution in [1.82, 2.24) is 24.5 Å². The van der Waals surface area contributed by atoms with Gasteiger partial charge in [0.1, 0.15) is 10.8 Å². The van der Waals surface area contributed by atoms with Gasteiger partial charge in [-0.3, -0.25) is 9.48 Å². The third-order valence-electron chi connectivity index (χ3n) is 6.33. The van der Waals surface area contributed by atoms with Gasteiger partial charge in [0.05, 0.1) is 24.7 Å². The molecule has 1 atom stereocenters. The maximum absolute atomic E-state index is 13.3. The molecule has 3 aromatic rings. The number of ether oxygens (including phenoxy) is 1. The molecule has 4 heterocycles. The quantitative estimate of drug-likeness (QED) is 0.351. The lowest BCUT2D eigenvalue weighted by atomic mass is 10.1. The van der Waals surface area contributed by atoms with Crippen molar-refractivity contribution in [1.29, 1.82) is 0 Å². The minimum absolute atomic E-state index is 0.0439. The van der Waals surface area contributed by atoms with E-state index in [-0.39, 0.29) is 11.6 Å². The van der Waals surface area contributed by atoms with E-state index in [4.69, 9.17) is 26.5 Å². The lowest BCUT2D eigenvalue weighted by Gasteiger charge is -2.21. The van der Waals surface area contributed by atoms with E-state index in [0.29, 0.717) is 29.7 Å². The molecule has 0 N–H and O–H groups in total. The van der Waals surface area contributed by atoms with Crippen molar-refractivity contribution in [2.75, 3.05) is 13.2 Å². The molecule has 3 aliphatic heterocycles. The van der Waals surface area contributed by atoms with Gasteiger partial charge in [-0.05, 0) is 42.2 Å². The van der Waals surface area contributed by atoms with Gasteiger partial charge in [0.25, 0.3) is 5.56 Å². The maximum atomic E-state index is 13.3. The highest BCUT2D eigenvalue weighted by Gasteiger charge is 2.26. The molecule has 0 saturated carbocycles. The summed E-state index contributed by atoms with van der Waals surface area (Å²) >= 11 is 5.91. The van der Waals surface area contributed by atoms with E-state index in [1.807, 2.05) is 35.0 Å². The van der Waals surface area contributed by atoms with Crippen molar-refractivity contribution in [2.45, 2.75) is 25.4 Å². The molecule has 1 aromatic heterocycles. The summed E-state index contributed by atoms with van der Waals surface area (Å²) in [5.74, 6) is 0. The molecule has 0 amide bonds. The van der Waals surface area contributed by atoms with E-state index in [0.717, 1.165) is 47.0 Å². The molecular weight excluding hydrogens is 450 g/mol. The molecule has 8 heteroatoms. The van der Waals surface area contributed by atoms with Crippen LogP contribution in [-0.2, 0) is 11.3 Å². The number of para-hydroxylation sites is 1. The summed E-state index contributed by atoms with van der Waals surface area (Å²) in [4.78, 5) is 17.4. The van der Waals surface area contributed by atoms with Crippen LogP contribution >= 0.6 is 11.6 Å². The van der Waals surface area contributed by atoms with Crippen molar-refractivity contribution in [2.24, 2.45) is 0 Å². The zero-order valence-electron chi connectivity index (χ0n) is 18.4. The SMILES string of the molecule is O=c1c2nn(Cc3ccc(-c4ccc(Cl)nc4)cc3)c3ccccc3c-2nn1C1CCCOC1. The van der Waals surface area contributed by atoms with E-state index >= 15 is 0 Å². The predicted molar refractivity (Wildman–Crippen MR) is 131 cm³/mol. The second-order valence-electron chi connectivity index (χ2n) is 8.56. The van der Waals surface area contributed by atoms with Crippen LogP contribution in [0.3, 0.4) is 0 Å². The first-order valence-electron chi connectivity index (χ1n) is 11.3. The Hall–Kier alpha value is -3.55. The number of pyridine rings is 1. The first-order chi connectivity index (χ1) is 16.7. The Bertz CT molecular complexity index is 1490. The van der Waals surface area contributed by atoms with Gasteiger partial charge in [0.15, 0.2) is 5.69 Å². The van der Waals surface area contributed by atoms with E-state index in [9.17, 15) is 4.79 Å². The fraction of sp³-hybridized carbons (Fsp3) is 0.231. The fourth-order valence-corrected chi connectivity index (χ4v) is 4.67. The molecule has 0 bridgehead atoms. The van der Waals surface area contributed by atoms with Crippen molar-refractivity contribution in [3.63, 3.8) is 0 Å². The van der Waals surface area contributed by atoms with Gasteiger partial charge in [0.2, 0.25) is 0 Å². The van der Waals surface area contributed by atoms with Gasteiger partial charge >= 0.3 is 0 Å². The highest BCUT2D eigenvalue weighted by Crippen LogP contribution is 2.28. The Kier molecular flexibility index (Phi) is 5.36. The average Bonchev–Trinajstić information content (AvgIpc) is 3.22. The van der Waals surface area contributed by atoms with Crippen LogP contribution in [0, 0.1) is 0 Å². The number of fused-ring (bicyclic) bond motifs is 3. The molecule has 0 radical (unpaired) electrons. The van der Waals surface area contributed by atoms with Gasteiger partial charge in [0, 0.05) is 23.8 Å². The average molecular weight is 472 g/mol. The van der Waals surface area contributed by atoms with E-state index < -0.39 is 0 Å². The maximum Gasteiger partial charge on any atom is 0.297 e. The molecule has 1 unspecified atom stereocenters. The highest BCUT2D eigenvalue weighted by molar-refractivity contribution is 6.29. The molecule has 170 valence electrons. The summed E-state index contributed by atoms with van der Waals surface area (Å²) in [6, 6.07) is 19.9. The Labute approximate surface area is 200 Å². The lowest BCUT2D eigenvalue weighted by molar-refractivity contribution is 0.0540. The van der Waals surface area contributed by atoms with E-state index in [1.54, 1.807) is 16.9 Å². The van der Waals surface area contributed by atoms with Gasteiger partial charge in [-0.25, -0.2) is 9.67 Å². The second-order valence-corrected chi connectivity index (χ2v) is 8.95. The number of halogens is 1. The normalized spacial score (nSPS) is 16.3. The van der Waals surface area contributed by atoms with Gasteiger partial charge in [-0.15, -0.1) is 0 Å². The smallest absolute Gasteiger partial charge is 0.297 e. The zero-order chi connectivity index (χ0) is 23.1. The molecular formula is C26H22ClN5O2. The fourth-order valence-electron chi connectivity index (χ4n) is 4.56.